The number of aromatic amines is 1. The Morgan fingerprint density at radius 1 is 1.35 bits per heavy atom. The first-order valence-electron chi connectivity index (χ1n) is 7.97. The van der Waals surface area contributed by atoms with E-state index in [0.29, 0.717) is 11.6 Å². The van der Waals surface area contributed by atoms with E-state index in [2.05, 4.69) is 14.5 Å². The third-order valence-corrected chi connectivity index (χ3v) is 4.71. The number of rotatable bonds is 3. The minimum atomic E-state index is -0.431. The molecular weight excluding hydrogens is 290 g/mol. The normalized spacial score (nSPS) is 15.5. The summed E-state index contributed by atoms with van der Waals surface area (Å²) in [5.41, 5.74) is 9.59. The first-order chi connectivity index (χ1) is 11.1. The molecule has 118 valence electrons. The fourth-order valence-corrected chi connectivity index (χ4v) is 3.54. The van der Waals surface area contributed by atoms with Gasteiger partial charge in [-0.3, -0.25) is 4.79 Å². The van der Waals surface area contributed by atoms with E-state index in [4.69, 9.17) is 10.7 Å². The summed E-state index contributed by atoms with van der Waals surface area (Å²) >= 11 is 0. The van der Waals surface area contributed by atoms with Crippen LogP contribution in [-0.2, 0) is 0 Å². The number of H-pyrrole nitrogens is 1. The van der Waals surface area contributed by atoms with Crippen LogP contribution >= 0.6 is 0 Å². The highest BCUT2D eigenvalue weighted by Gasteiger charge is 2.25. The van der Waals surface area contributed by atoms with Crippen molar-refractivity contribution in [1.29, 1.82) is 0 Å². The quantitative estimate of drug-likeness (QED) is 0.779. The van der Waals surface area contributed by atoms with Crippen LogP contribution < -0.4 is 5.73 Å². The standard InChI is InChI=1S/C17H19N5O/c1-10-15(20-9-19-10)17-21-13-8-11(16(18)23)6-7-14(13)22(17)12-4-2-3-5-12/h6-9,12H,2-5H2,1H3,(H2,18,23)(H,19,20). The predicted octanol–water partition coefficient (Wildman–Crippen LogP) is 2.95. The van der Waals surface area contributed by atoms with E-state index in [1.165, 1.54) is 12.8 Å². The summed E-state index contributed by atoms with van der Waals surface area (Å²) in [4.78, 5) is 23.8. The lowest BCUT2D eigenvalue weighted by Gasteiger charge is -2.16. The van der Waals surface area contributed by atoms with Crippen molar-refractivity contribution >= 4 is 16.9 Å². The van der Waals surface area contributed by atoms with Crippen LogP contribution in [0.5, 0.6) is 0 Å². The van der Waals surface area contributed by atoms with Gasteiger partial charge in [0, 0.05) is 17.3 Å². The fourth-order valence-electron chi connectivity index (χ4n) is 3.54. The number of imidazole rings is 2. The molecule has 0 saturated heterocycles. The number of aromatic nitrogens is 4. The lowest BCUT2D eigenvalue weighted by Crippen LogP contribution is -2.10. The number of carbonyl (C=O) groups is 1. The first kappa shape index (κ1) is 14.0. The van der Waals surface area contributed by atoms with Crippen molar-refractivity contribution in [1.82, 2.24) is 19.5 Å². The van der Waals surface area contributed by atoms with Crippen LogP contribution in [0.4, 0.5) is 0 Å². The van der Waals surface area contributed by atoms with Crippen LogP contribution in [-0.4, -0.2) is 25.4 Å². The molecule has 3 N–H and O–H groups in total. The number of hydrogen-bond acceptors (Lipinski definition) is 3. The van der Waals surface area contributed by atoms with Crippen LogP contribution in [0.3, 0.4) is 0 Å². The topological polar surface area (TPSA) is 89.6 Å². The summed E-state index contributed by atoms with van der Waals surface area (Å²) in [6.45, 7) is 2.00. The maximum atomic E-state index is 11.4. The van der Waals surface area contributed by atoms with Crippen molar-refractivity contribution in [3.8, 4) is 11.5 Å². The molecule has 0 radical (unpaired) electrons. The molecule has 0 unspecified atom stereocenters. The second-order valence-corrected chi connectivity index (χ2v) is 6.19. The van der Waals surface area contributed by atoms with Crippen LogP contribution in [0, 0.1) is 6.92 Å². The maximum Gasteiger partial charge on any atom is 0.248 e. The average Bonchev–Trinajstić information content (AvgIpc) is 3.23. The van der Waals surface area contributed by atoms with Crippen molar-refractivity contribution < 1.29 is 4.79 Å². The van der Waals surface area contributed by atoms with Gasteiger partial charge in [-0.2, -0.15) is 0 Å². The number of nitrogens with one attached hydrogen (secondary N) is 1. The van der Waals surface area contributed by atoms with Gasteiger partial charge in [0.25, 0.3) is 0 Å². The van der Waals surface area contributed by atoms with E-state index < -0.39 is 5.91 Å². The molecule has 2 aromatic heterocycles. The number of nitrogens with zero attached hydrogens (tertiary/aromatic N) is 3. The zero-order valence-corrected chi connectivity index (χ0v) is 13.0. The molecule has 3 aromatic rings. The second-order valence-electron chi connectivity index (χ2n) is 6.19. The Morgan fingerprint density at radius 3 is 2.78 bits per heavy atom. The predicted molar refractivity (Wildman–Crippen MR) is 88.1 cm³/mol. The van der Waals surface area contributed by atoms with Gasteiger partial charge in [0.05, 0.1) is 17.4 Å². The van der Waals surface area contributed by atoms with Gasteiger partial charge < -0.3 is 15.3 Å². The molecule has 0 atom stereocenters. The Hall–Kier alpha value is -2.63. The highest BCUT2D eigenvalue weighted by atomic mass is 16.1. The van der Waals surface area contributed by atoms with Gasteiger partial charge in [-0.1, -0.05) is 12.8 Å². The molecule has 2 heterocycles. The van der Waals surface area contributed by atoms with Crippen molar-refractivity contribution in [2.45, 2.75) is 38.6 Å². The lowest BCUT2D eigenvalue weighted by molar-refractivity contribution is 0.100. The fraction of sp³-hybridized carbons (Fsp3) is 0.353. The van der Waals surface area contributed by atoms with Crippen molar-refractivity contribution in [3.05, 3.63) is 35.8 Å². The summed E-state index contributed by atoms with van der Waals surface area (Å²) in [7, 11) is 0. The number of fused-ring (bicyclic) bond motifs is 1. The number of hydrogen-bond donors (Lipinski definition) is 2. The number of nitrogens with two attached hydrogens (primary N) is 1. The van der Waals surface area contributed by atoms with Crippen LogP contribution in [0.15, 0.2) is 24.5 Å². The van der Waals surface area contributed by atoms with Crippen LogP contribution in [0.25, 0.3) is 22.6 Å². The Balaban J connectivity index is 1.97. The minimum Gasteiger partial charge on any atom is -0.366 e. The van der Waals surface area contributed by atoms with Gasteiger partial charge in [0.2, 0.25) is 5.91 Å². The number of primary amides is 1. The molecule has 1 amide bonds. The summed E-state index contributed by atoms with van der Waals surface area (Å²) in [5, 5.41) is 0. The van der Waals surface area contributed by atoms with E-state index in [0.717, 1.165) is 41.1 Å². The number of benzene rings is 1. The largest absolute Gasteiger partial charge is 0.366 e. The van der Waals surface area contributed by atoms with Crippen molar-refractivity contribution in [2.75, 3.05) is 0 Å². The SMILES string of the molecule is Cc1[nH]cnc1-c1nc2cc(C(N)=O)ccc2n1C1CCCC1. The van der Waals surface area contributed by atoms with Gasteiger partial charge in [0.15, 0.2) is 5.82 Å². The molecule has 0 bridgehead atoms. The average molecular weight is 309 g/mol. The molecule has 6 nitrogen and oxygen atoms in total. The maximum absolute atomic E-state index is 11.4. The van der Waals surface area contributed by atoms with E-state index >= 15 is 0 Å². The highest BCUT2D eigenvalue weighted by molar-refractivity contribution is 5.96. The molecule has 0 spiro atoms. The van der Waals surface area contributed by atoms with E-state index in [-0.39, 0.29) is 0 Å². The Morgan fingerprint density at radius 2 is 2.13 bits per heavy atom. The number of aryl methyl sites for hydroxylation is 1. The molecule has 1 aliphatic rings. The van der Waals surface area contributed by atoms with Crippen LogP contribution in [0.1, 0.15) is 47.8 Å². The Bertz CT molecular complexity index is 886. The molecule has 1 aromatic carbocycles. The van der Waals surface area contributed by atoms with Gasteiger partial charge in [-0.05, 0) is 38.0 Å². The van der Waals surface area contributed by atoms with E-state index in [1.807, 2.05) is 13.0 Å². The van der Waals surface area contributed by atoms with Crippen molar-refractivity contribution in [3.63, 3.8) is 0 Å². The Labute approximate surface area is 133 Å². The zero-order chi connectivity index (χ0) is 16.0. The third kappa shape index (κ3) is 2.21. The summed E-state index contributed by atoms with van der Waals surface area (Å²) < 4.78 is 2.29. The van der Waals surface area contributed by atoms with Gasteiger partial charge in [0.1, 0.15) is 5.69 Å². The first-order valence-corrected chi connectivity index (χ1v) is 7.97. The molecule has 6 heteroatoms. The minimum absolute atomic E-state index is 0.431. The molecule has 0 aliphatic heterocycles. The molecule has 4 rings (SSSR count). The summed E-state index contributed by atoms with van der Waals surface area (Å²) in [5.74, 6) is 0.437. The van der Waals surface area contributed by atoms with Gasteiger partial charge in [-0.15, -0.1) is 0 Å². The number of carbonyl (C=O) groups excluding carboxylic acids is 1. The number of amides is 1. The van der Waals surface area contributed by atoms with E-state index in [9.17, 15) is 4.79 Å². The monoisotopic (exact) mass is 309 g/mol. The Kier molecular flexibility index (Phi) is 3.18. The summed E-state index contributed by atoms with van der Waals surface area (Å²) in [6.07, 6.45) is 6.47. The van der Waals surface area contributed by atoms with Gasteiger partial charge >= 0.3 is 0 Å². The second kappa shape index (κ2) is 5.22. The molecular formula is C17H19N5O. The third-order valence-electron chi connectivity index (χ3n) is 4.71. The lowest BCUT2D eigenvalue weighted by atomic mass is 10.1. The van der Waals surface area contributed by atoms with Gasteiger partial charge in [-0.25, -0.2) is 9.97 Å². The molecule has 1 aliphatic carbocycles. The highest BCUT2D eigenvalue weighted by Crippen LogP contribution is 2.37. The smallest absolute Gasteiger partial charge is 0.248 e. The van der Waals surface area contributed by atoms with Crippen molar-refractivity contribution in [2.24, 2.45) is 5.73 Å². The zero-order valence-electron chi connectivity index (χ0n) is 13.0. The molecule has 23 heavy (non-hydrogen) atoms. The molecule has 1 saturated carbocycles. The van der Waals surface area contributed by atoms with E-state index in [1.54, 1.807) is 18.5 Å². The summed E-state index contributed by atoms with van der Waals surface area (Å²) in [6, 6.07) is 5.94. The van der Waals surface area contributed by atoms with Crippen LogP contribution in [0.2, 0.25) is 0 Å². The molecule has 1 fully saturated rings.